The minimum absolute atomic E-state index is 0.210. The van der Waals surface area contributed by atoms with Gasteiger partial charge >= 0.3 is 0 Å². The largest absolute Gasteiger partial charge is 0.508 e. The molecular formula is C14H21N3O3S. The first-order valence-corrected chi connectivity index (χ1v) is 7.74. The topological polar surface area (TPSA) is 84.8 Å². The van der Waals surface area contributed by atoms with Crippen LogP contribution in [0.5, 0.6) is 5.75 Å². The maximum absolute atomic E-state index is 11.9. The van der Waals surface area contributed by atoms with Crippen LogP contribution in [0.1, 0.15) is 20.3 Å². The zero-order chi connectivity index (χ0) is 15.4. The van der Waals surface area contributed by atoms with Crippen LogP contribution in [-0.4, -0.2) is 39.7 Å². The molecule has 0 fully saturated rings. The van der Waals surface area contributed by atoms with E-state index >= 15 is 0 Å². The van der Waals surface area contributed by atoms with Crippen molar-refractivity contribution in [2.75, 3.05) is 18.4 Å². The Morgan fingerprint density at radius 2 is 2.29 bits per heavy atom. The first kappa shape index (κ1) is 15.9. The Balaban J connectivity index is 2.21. The molecule has 0 spiro atoms. The standard InChI is InChI=1S/C14H21N3O3S/c1-9(2)7-12(14(19)16-20)17-6-5-15-11-8-10(18)3-4-13(11)21-17/h3-4,8-9,12,15,18,20H,5-7H2,1-2H3,(H,16,19)/t12-/m1/s1. The Morgan fingerprint density at radius 1 is 1.52 bits per heavy atom. The van der Waals surface area contributed by atoms with Gasteiger partial charge in [-0.1, -0.05) is 13.8 Å². The monoisotopic (exact) mass is 311 g/mol. The highest BCUT2D eigenvalue weighted by Gasteiger charge is 2.29. The molecular weight excluding hydrogens is 290 g/mol. The smallest absolute Gasteiger partial charge is 0.261 e. The lowest BCUT2D eigenvalue weighted by atomic mass is 10.0. The number of phenolic OH excluding ortho intramolecular Hbond substituents is 1. The summed E-state index contributed by atoms with van der Waals surface area (Å²) in [6.07, 6.45) is 0.660. The average Bonchev–Trinajstić information content (AvgIpc) is 2.65. The molecule has 1 atom stereocenters. The lowest BCUT2D eigenvalue weighted by Gasteiger charge is -2.28. The number of hydroxylamine groups is 1. The fraction of sp³-hybridized carbons (Fsp3) is 0.500. The quantitative estimate of drug-likeness (QED) is 0.387. The predicted octanol–water partition coefficient (Wildman–Crippen LogP) is 2.05. The van der Waals surface area contributed by atoms with E-state index in [1.165, 1.54) is 11.9 Å². The van der Waals surface area contributed by atoms with Gasteiger partial charge in [0.1, 0.15) is 11.8 Å². The van der Waals surface area contributed by atoms with Crippen molar-refractivity contribution in [2.24, 2.45) is 5.92 Å². The zero-order valence-corrected chi connectivity index (χ0v) is 13.0. The molecule has 6 nitrogen and oxygen atoms in total. The van der Waals surface area contributed by atoms with Gasteiger partial charge in [-0.05, 0) is 36.4 Å². The van der Waals surface area contributed by atoms with E-state index in [2.05, 4.69) is 5.32 Å². The van der Waals surface area contributed by atoms with Gasteiger partial charge in [0.05, 0.1) is 5.69 Å². The highest BCUT2D eigenvalue weighted by atomic mass is 32.2. The molecule has 1 amide bonds. The fourth-order valence-electron chi connectivity index (χ4n) is 2.30. The third-order valence-corrected chi connectivity index (χ3v) is 4.51. The normalized spacial score (nSPS) is 16.8. The minimum Gasteiger partial charge on any atom is -0.508 e. The summed E-state index contributed by atoms with van der Waals surface area (Å²) in [5.74, 6) is 0.156. The second-order valence-electron chi connectivity index (χ2n) is 5.46. The maximum Gasteiger partial charge on any atom is 0.261 e. The van der Waals surface area contributed by atoms with Gasteiger partial charge in [0.2, 0.25) is 0 Å². The van der Waals surface area contributed by atoms with Gasteiger partial charge in [-0.25, -0.2) is 9.79 Å². The van der Waals surface area contributed by atoms with Gasteiger partial charge < -0.3 is 10.4 Å². The number of benzene rings is 1. The predicted molar refractivity (Wildman–Crippen MR) is 82.3 cm³/mol. The number of carbonyl (C=O) groups excluding carboxylic acids is 1. The number of aromatic hydroxyl groups is 1. The van der Waals surface area contributed by atoms with Crippen LogP contribution in [0.4, 0.5) is 5.69 Å². The number of hydrogen-bond donors (Lipinski definition) is 4. The van der Waals surface area contributed by atoms with Crippen molar-refractivity contribution in [1.82, 2.24) is 9.79 Å². The van der Waals surface area contributed by atoms with E-state index in [0.717, 1.165) is 10.6 Å². The number of rotatable bonds is 4. The molecule has 0 bridgehead atoms. The van der Waals surface area contributed by atoms with Crippen LogP contribution in [0.3, 0.4) is 0 Å². The zero-order valence-electron chi connectivity index (χ0n) is 12.2. The number of fused-ring (bicyclic) bond motifs is 1. The Labute approximate surface area is 128 Å². The first-order chi connectivity index (χ1) is 10.0. The summed E-state index contributed by atoms with van der Waals surface area (Å²) in [5.41, 5.74) is 2.62. The number of nitrogens with one attached hydrogen (secondary N) is 2. The Morgan fingerprint density at radius 3 is 2.95 bits per heavy atom. The van der Waals surface area contributed by atoms with Gasteiger partial charge in [-0.15, -0.1) is 0 Å². The third kappa shape index (κ3) is 4.03. The van der Waals surface area contributed by atoms with Gasteiger partial charge in [-0.2, -0.15) is 0 Å². The number of phenols is 1. The summed E-state index contributed by atoms with van der Waals surface area (Å²) < 4.78 is 1.97. The summed E-state index contributed by atoms with van der Waals surface area (Å²) in [6.45, 7) is 5.41. The van der Waals surface area contributed by atoms with E-state index in [-0.39, 0.29) is 5.75 Å². The Hall–Kier alpha value is -1.44. The lowest BCUT2D eigenvalue weighted by Crippen LogP contribution is -2.44. The van der Waals surface area contributed by atoms with E-state index in [0.29, 0.717) is 25.4 Å². The van der Waals surface area contributed by atoms with Gasteiger partial charge in [0, 0.05) is 24.1 Å². The van der Waals surface area contributed by atoms with E-state index in [4.69, 9.17) is 5.21 Å². The summed E-state index contributed by atoms with van der Waals surface area (Å²) >= 11 is 1.47. The molecule has 0 aromatic heterocycles. The molecule has 4 N–H and O–H groups in total. The van der Waals surface area contributed by atoms with Crippen molar-refractivity contribution in [3.8, 4) is 5.75 Å². The van der Waals surface area contributed by atoms with Crippen molar-refractivity contribution in [3.05, 3.63) is 18.2 Å². The summed E-state index contributed by atoms with van der Waals surface area (Å²) in [7, 11) is 0. The van der Waals surface area contributed by atoms with Crippen molar-refractivity contribution in [3.63, 3.8) is 0 Å². The van der Waals surface area contributed by atoms with Crippen LogP contribution in [0.25, 0.3) is 0 Å². The third-order valence-electron chi connectivity index (χ3n) is 3.28. The van der Waals surface area contributed by atoms with Crippen LogP contribution < -0.4 is 10.8 Å². The molecule has 1 aromatic rings. The molecule has 7 heteroatoms. The average molecular weight is 311 g/mol. The Bertz CT molecular complexity index is 510. The highest BCUT2D eigenvalue weighted by Crippen LogP contribution is 2.36. The number of hydrogen-bond acceptors (Lipinski definition) is 6. The van der Waals surface area contributed by atoms with Crippen LogP contribution in [0.2, 0.25) is 0 Å². The molecule has 0 radical (unpaired) electrons. The number of nitrogens with zero attached hydrogens (tertiary/aromatic N) is 1. The lowest BCUT2D eigenvalue weighted by molar-refractivity contribution is -0.133. The van der Waals surface area contributed by atoms with Gasteiger partial charge in [0.15, 0.2) is 0 Å². The molecule has 0 saturated carbocycles. The molecule has 1 aliphatic rings. The van der Waals surface area contributed by atoms with E-state index < -0.39 is 11.9 Å². The van der Waals surface area contributed by atoms with Crippen LogP contribution in [-0.2, 0) is 4.79 Å². The number of anilines is 1. The second-order valence-corrected chi connectivity index (χ2v) is 6.55. The molecule has 116 valence electrons. The molecule has 0 unspecified atom stereocenters. The van der Waals surface area contributed by atoms with Crippen LogP contribution in [0.15, 0.2) is 23.1 Å². The van der Waals surface area contributed by atoms with Crippen molar-refractivity contribution >= 4 is 23.5 Å². The van der Waals surface area contributed by atoms with Crippen molar-refractivity contribution in [1.29, 1.82) is 0 Å². The Kier molecular flexibility index (Phi) is 5.33. The van der Waals surface area contributed by atoms with Gasteiger partial charge in [0.25, 0.3) is 5.91 Å². The van der Waals surface area contributed by atoms with E-state index in [9.17, 15) is 9.90 Å². The molecule has 1 aliphatic heterocycles. The molecule has 0 saturated heterocycles. The van der Waals surface area contributed by atoms with Crippen molar-refractivity contribution < 1.29 is 15.1 Å². The molecule has 1 heterocycles. The minimum atomic E-state index is -0.401. The van der Waals surface area contributed by atoms with Crippen LogP contribution in [0, 0.1) is 5.92 Å². The summed E-state index contributed by atoms with van der Waals surface area (Å²) in [4.78, 5) is 12.9. The summed E-state index contributed by atoms with van der Waals surface area (Å²) in [6, 6.07) is 4.72. The molecule has 1 aromatic carbocycles. The number of amides is 1. The van der Waals surface area contributed by atoms with E-state index in [1.54, 1.807) is 17.6 Å². The number of carbonyl (C=O) groups is 1. The summed E-state index contributed by atoms with van der Waals surface area (Å²) in [5, 5.41) is 21.8. The highest BCUT2D eigenvalue weighted by molar-refractivity contribution is 7.97. The molecule has 21 heavy (non-hydrogen) atoms. The van der Waals surface area contributed by atoms with E-state index in [1.807, 2.05) is 24.2 Å². The maximum atomic E-state index is 11.9. The molecule has 0 aliphatic carbocycles. The van der Waals surface area contributed by atoms with Crippen molar-refractivity contribution in [2.45, 2.75) is 31.2 Å². The van der Waals surface area contributed by atoms with Gasteiger partial charge in [-0.3, -0.25) is 10.0 Å². The van der Waals surface area contributed by atoms with Crippen LogP contribution >= 0.6 is 11.9 Å². The SMILES string of the molecule is CC(C)C[C@H](C(=O)NO)N1CCNc2cc(O)ccc2S1. The second kappa shape index (κ2) is 7.02. The fourth-order valence-corrected chi connectivity index (χ4v) is 3.41. The molecule has 2 rings (SSSR count). The first-order valence-electron chi connectivity index (χ1n) is 6.96.